The Morgan fingerprint density at radius 3 is 2.88 bits per heavy atom. The normalized spacial score (nSPS) is 15.6. The molecular weight excluding hydrogens is 208 g/mol. The molecule has 0 amide bonds. The minimum absolute atomic E-state index is 0.294. The number of nitrogens with zero attached hydrogens (tertiary/aromatic N) is 1. The molecule has 16 heavy (non-hydrogen) atoms. The van der Waals surface area contributed by atoms with Crippen molar-refractivity contribution in [2.75, 3.05) is 20.2 Å². The molecule has 0 spiro atoms. The van der Waals surface area contributed by atoms with Crippen LogP contribution in [0.1, 0.15) is 16.1 Å². The molecule has 86 valence electrons. The summed E-state index contributed by atoms with van der Waals surface area (Å²) in [6.45, 7) is 2.29. The fraction of sp³-hybridized carbons (Fsp3) is 0.455. The van der Waals surface area contributed by atoms with Gasteiger partial charge in [-0.15, -0.1) is 0 Å². The Morgan fingerprint density at radius 1 is 1.56 bits per heavy atom. The molecule has 2 heterocycles. The van der Waals surface area contributed by atoms with Crippen LogP contribution in [0.2, 0.25) is 0 Å². The predicted octanol–water partition coefficient (Wildman–Crippen LogP) is 0.357. The van der Waals surface area contributed by atoms with E-state index in [2.05, 4.69) is 15.0 Å². The van der Waals surface area contributed by atoms with Gasteiger partial charge in [0.05, 0.1) is 31.1 Å². The van der Waals surface area contributed by atoms with Gasteiger partial charge in [-0.25, -0.2) is 4.79 Å². The van der Waals surface area contributed by atoms with Crippen LogP contribution in [-0.2, 0) is 16.1 Å². The fourth-order valence-electron chi connectivity index (χ4n) is 1.33. The number of carbonyl (C=O) groups excluding carboxylic acids is 1. The van der Waals surface area contributed by atoms with Crippen LogP contribution in [0, 0.1) is 0 Å². The van der Waals surface area contributed by atoms with Crippen molar-refractivity contribution in [3.8, 4) is 0 Å². The van der Waals surface area contributed by atoms with Crippen molar-refractivity contribution in [3.05, 3.63) is 29.6 Å². The van der Waals surface area contributed by atoms with Gasteiger partial charge in [0, 0.05) is 19.3 Å². The highest BCUT2D eigenvalue weighted by atomic mass is 16.5. The van der Waals surface area contributed by atoms with E-state index in [-0.39, 0.29) is 5.97 Å². The first-order valence-electron chi connectivity index (χ1n) is 5.15. The highest BCUT2D eigenvalue weighted by Crippen LogP contribution is 2.06. The van der Waals surface area contributed by atoms with Gasteiger partial charge < -0.3 is 14.8 Å². The molecule has 1 aliphatic rings. The van der Waals surface area contributed by atoms with Crippen LogP contribution in [0.25, 0.3) is 0 Å². The van der Waals surface area contributed by atoms with E-state index < -0.39 is 0 Å². The number of ether oxygens (including phenoxy) is 2. The number of esters is 1. The molecule has 0 atom stereocenters. The van der Waals surface area contributed by atoms with Gasteiger partial charge in [0.25, 0.3) is 0 Å². The van der Waals surface area contributed by atoms with Gasteiger partial charge >= 0.3 is 5.97 Å². The van der Waals surface area contributed by atoms with Gasteiger partial charge in [0.2, 0.25) is 0 Å². The number of nitrogens with one attached hydrogen (secondary N) is 1. The minimum atomic E-state index is -0.372. The summed E-state index contributed by atoms with van der Waals surface area (Å²) in [6.07, 6.45) is 1.80. The summed E-state index contributed by atoms with van der Waals surface area (Å²) in [5, 5.41) is 3.12. The lowest BCUT2D eigenvalue weighted by molar-refractivity contribution is 0.00603. The standard InChI is InChI=1S/C11H14N2O3/c1-15-11(14)8-2-3-9(13-4-8)7-16-10-5-12-6-10/h2-4,10,12H,5-7H2,1H3. The average Bonchev–Trinajstić information content (AvgIpc) is 2.27. The molecule has 1 fully saturated rings. The number of methoxy groups -OCH3 is 1. The molecule has 0 aromatic carbocycles. The minimum Gasteiger partial charge on any atom is -0.465 e. The molecule has 5 heteroatoms. The molecule has 0 saturated carbocycles. The van der Waals surface area contributed by atoms with Gasteiger partial charge in [-0.1, -0.05) is 0 Å². The smallest absolute Gasteiger partial charge is 0.339 e. The third kappa shape index (κ3) is 2.56. The van der Waals surface area contributed by atoms with Crippen molar-refractivity contribution in [3.63, 3.8) is 0 Å². The van der Waals surface area contributed by atoms with Crippen molar-refractivity contribution < 1.29 is 14.3 Å². The first-order valence-corrected chi connectivity index (χ1v) is 5.15. The lowest BCUT2D eigenvalue weighted by Crippen LogP contribution is -2.48. The van der Waals surface area contributed by atoms with Crippen LogP contribution < -0.4 is 5.32 Å². The van der Waals surface area contributed by atoms with Crippen LogP contribution >= 0.6 is 0 Å². The summed E-state index contributed by atoms with van der Waals surface area (Å²) < 4.78 is 10.1. The predicted molar refractivity (Wildman–Crippen MR) is 57.0 cm³/mol. The number of hydrogen-bond acceptors (Lipinski definition) is 5. The largest absolute Gasteiger partial charge is 0.465 e. The first-order chi connectivity index (χ1) is 7.79. The summed E-state index contributed by atoms with van der Waals surface area (Å²) in [5.74, 6) is -0.372. The Morgan fingerprint density at radius 2 is 2.38 bits per heavy atom. The van der Waals surface area contributed by atoms with E-state index >= 15 is 0 Å². The third-order valence-corrected chi connectivity index (χ3v) is 2.46. The second-order valence-corrected chi connectivity index (χ2v) is 3.62. The van der Waals surface area contributed by atoms with E-state index in [1.165, 1.54) is 13.3 Å². The van der Waals surface area contributed by atoms with E-state index in [4.69, 9.17) is 4.74 Å². The lowest BCUT2D eigenvalue weighted by Gasteiger charge is -2.26. The fourth-order valence-corrected chi connectivity index (χ4v) is 1.33. The zero-order chi connectivity index (χ0) is 11.4. The third-order valence-electron chi connectivity index (χ3n) is 2.46. The number of carbonyl (C=O) groups is 1. The van der Waals surface area contributed by atoms with E-state index in [1.807, 2.05) is 0 Å². The lowest BCUT2D eigenvalue weighted by atomic mass is 10.2. The summed E-state index contributed by atoms with van der Waals surface area (Å²) in [6, 6.07) is 3.47. The van der Waals surface area contributed by atoms with Gasteiger partial charge in [0.1, 0.15) is 0 Å². The maximum absolute atomic E-state index is 11.1. The van der Waals surface area contributed by atoms with Gasteiger partial charge in [-0.3, -0.25) is 4.98 Å². The molecule has 0 aliphatic carbocycles. The zero-order valence-electron chi connectivity index (χ0n) is 9.10. The average molecular weight is 222 g/mol. The topological polar surface area (TPSA) is 60.5 Å². The Kier molecular flexibility index (Phi) is 3.48. The second-order valence-electron chi connectivity index (χ2n) is 3.62. The number of rotatable bonds is 4. The highest BCUT2D eigenvalue weighted by Gasteiger charge is 2.17. The van der Waals surface area contributed by atoms with Crippen LogP contribution in [0.3, 0.4) is 0 Å². The van der Waals surface area contributed by atoms with Crippen LogP contribution in [-0.4, -0.2) is 37.3 Å². The maximum atomic E-state index is 11.1. The van der Waals surface area contributed by atoms with Crippen LogP contribution in [0.4, 0.5) is 0 Å². The van der Waals surface area contributed by atoms with Gasteiger partial charge in [-0.2, -0.15) is 0 Å². The SMILES string of the molecule is COC(=O)c1ccc(COC2CNC2)nc1. The molecule has 2 rings (SSSR count). The van der Waals surface area contributed by atoms with E-state index in [0.29, 0.717) is 18.3 Å². The molecule has 1 aromatic heterocycles. The first kappa shape index (κ1) is 11.0. The summed E-state index contributed by atoms with van der Waals surface area (Å²) >= 11 is 0. The molecule has 1 saturated heterocycles. The molecule has 1 N–H and O–H groups in total. The molecular formula is C11H14N2O3. The van der Waals surface area contributed by atoms with Crippen molar-refractivity contribution in [1.82, 2.24) is 10.3 Å². The number of hydrogen-bond donors (Lipinski definition) is 1. The molecule has 0 radical (unpaired) electrons. The molecule has 1 aliphatic heterocycles. The van der Waals surface area contributed by atoms with Crippen molar-refractivity contribution in [1.29, 1.82) is 0 Å². The summed E-state index contributed by atoms with van der Waals surface area (Å²) in [7, 11) is 1.35. The van der Waals surface area contributed by atoms with Gasteiger partial charge in [0.15, 0.2) is 0 Å². The number of pyridine rings is 1. The Balaban J connectivity index is 1.88. The molecule has 0 bridgehead atoms. The zero-order valence-corrected chi connectivity index (χ0v) is 9.10. The monoisotopic (exact) mass is 222 g/mol. The van der Waals surface area contributed by atoms with Crippen molar-refractivity contribution in [2.45, 2.75) is 12.7 Å². The second kappa shape index (κ2) is 5.05. The Bertz CT molecular complexity index is 360. The van der Waals surface area contributed by atoms with E-state index in [1.54, 1.807) is 12.1 Å². The maximum Gasteiger partial charge on any atom is 0.339 e. The Hall–Kier alpha value is -1.46. The van der Waals surface area contributed by atoms with Gasteiger partial charge in [-0.05, 0) is 12.1 Å². The highest BCUT2D eigenvalue weighted by molar-refractivity contribution is 5.88. The quantitative estimate of drug-likeness (QED) is 0.745. The molecule has 1 aromatic rings. The van der Waals surface area contributed by atoms with E-state index in [9.17, 15) is 4.79 Å². The van der Waals surface area contributed by atoms with Crippen LogP contribution in [0.5, 0.6) is 0 Å². The van der Waals surface area contributed by atoms with Crippen molar-refractivity contribution >= 4 is 5.97 Å². The molecule has 5 nitrogen and oxygen atoms in total. The number of aromatic nitrogens is 1. The van der Waals surface area contributed by atoms with Crippen LogP contribution in [0.15, 0.2) is 18.3 Å². The summed E-state index contributed by atoms with van der Waals surface area (Å²) in [5.41, 5.74) is 1.27. The molecule has 0 unspecified atom stereocenters. The van der Waals surface area contributed by atoms with E-state index in [0.717, 1.165) is 18.8 Å². The van der Waals surface area contributed by atoms with Crippen molar-refractivity contribution in [2.24, 2.45) is 0 Å². The summed E-state index contributed by atoms with van der Waals surface area (Å²) in [4.78, 5) is 15.3. The Labute approximate surface area is 93.8 Å².